The van der Waals surface area contributed by atoms with E-state index in [0.717, 1.165) is 32.1 Å². The lowest BCUT2D eigenvalue weighted by Crippen LogP contribution is -2.39. The van der Waals surface area contributed by atoms with E-state index in [0.29, 0.717) is 17.6 Å². The minimum atomic E-state index is -0.129. The number of hydrogen-bond acceptors (Lipinski definition) is 2. The molecule has 2 unspecified atom stereocenters. The maximum atomic E-state index is 10.3. The zero-order chi connectivity index (χ0) is 13.9. The normalized spacial score (nSPS) is 38.7. The number of fused-ring (bicyclic) bond motifs is 5. The molecule has 106 valence electrons. The summed E-state index contributed by atoms with van der Waals surface area (Å²) in [5, 5.41) is 20.0. The van der Waals surface area contributed by atoms with Crippen LogP contribution in [0.3, 0.4) is 0 Å². The molecule has 0 heterocycles. The van der Waals surface area contributed by atoms with E-state index in [-0.39, 0.29) is 11.5 Å². The van der Waals surface area contributed by atoms with Crippen molar-refractivity contribution in [2.24, 2.45) is 11.3 Å². The Morgan fingerprint density at radius 1 is 1.20 bits per heavy atom. The Balaban J connectivity index is 1.76. The maximum absolute atomic E-state index is 10.3. The molecule has 2 nitrogen and oxygen atoms in total. The Morgan fingerprint density at radius 3 is 2.90 bits per heavy atom. The van der Waals surface area contributed by atoms with Gasteiger partial charge in [0.25, 0.3) is 0 Å². The highest BCUT2D eigenvalue weighted by Crippen LogP contribution is 2.59. The molecule has 3 aliphatic carbocycles. The lowest BCUT2D eigenvalue weighted by atomic mass is 9.59. The second-order valence-electron chi connectivity index (χ2n) is 7.03. The number of phenolic OH excluding ortho intramolecular Hbond substituents is 1. The molecule has 0 bridgehead atoms. The van der Waals surface area contributed by atoms with Crippen LogP contribution in [0.25, 0.3) is 0 Å². The second-order valence-corrected chi connectivity index (χ2v) is 7.03. The van der Waals surface area contributed by atoms with Gasteiger partial charge in [-0.05, 0) is 61.3 Å². The Hall–Kier alpha value is -1.28. The molecule has 2 fully saturated rings. The molecule has 0 aromatic heterocycles. The summed E-state index contributed by atoms with van der Waals surface area (Å²) in [5.74, 6) is 1.44. The average molecular weight is 270 g/mol. The van der Waals surface area contributed by atoms with Crippen molar-refractivity contribution in [2.45, 2.75) is 51.0 Å². The highest BCUT2D eigenvalue weighted by atomic mass is 16.3. The number of benzene rings is 1. The third-order valence-electron chi connectivity index (χ3n) is 6.12. The van der Waals surface area contributed by atoms with Crippen molar-refractivity contribution in [3.63, 3.8) is 0 Å². The van der Waals surface area contributed by atoms with Crippen molar-refractivity contribution >= 4 is 0 Å². The number of aliphatic hydroxyl groups excluding tert-OH is 1. The van der Waals surface area contributed by atoms with Gasteiger partial charge in [-0.2, -0.15) is 0 Å². The van der Waals surface area contributed by atoms with Crippen molar-refractivity contribution in [3.05, 3.63) is 41.0 Å². The van der Waals surface area contributed by atoms with Crippen LogP contribution in [0.15, 0.2) is 29.8 Å². The fourth-order valence-electron chi connectivity index (χ4n) is 4.93. The van der Waals surface area contributed by atoms with Crippen LogP contribution in [-0.2, 0) is 6.42 Å². The monoisotopic (exact) mass is 270 g/mol. The van der Waals surface area contributed by atoms with Gasteiger partial charge in [-0.25, -0.2) is 0 Å². The van der Waals surface area contributed by atoms with Gasteiger partial charge in [0, 0.05) is 11.3 Å². The van der Waals surface area contributed by atoms with Gasteiger partial charge >= 0.3 is 0 Å². The van der Waals surface area contributed by atoms with Gasteiger partial charge in [0.15, 0.2) is 0 Å². The van der Waals surface area contributed by atoms with Crippen LogP contribution in [0.5, 0.6) is 5.75 Å². The van der Waals surface area contributed by atoms with E-state index in [1.54, 1.807) is 5.57 Å². The van der Waals surface area contributed by atoms with Gasteiger partial charge in [0.1, 0.15) is 5.75 Å². The number of aromatic hydroxyl groups is 1. The molecular weight excluding hydrogens is 248 g/mol. The first-order valence-corrected chi connectivity index (χ1v) is 7.79. The molecule has 1 aromatic rings. The zero-order valence-electron chi connectivity index (χ0n) is 12.0. The van der Waals surface area contributed by atoms with E-state index in [1.807, 2.05) is 12.1 Å². The van der Waals surface area contributed by atoms with Crippen LogP contribution in [0.1, 0.15) is 49.7 Å². The number of aliphatic hydroxyl groups is 1. The molecule has 1 aromatic carbocycles. The Kier molecular flexibility index (Phi) is 2.56. The molecule has 2 heteroatoms. The molecule has 2 saturated carbocycles. The molecule has 0 spiro atoms. The van der Waals surface area contributed by atoms with Gasteiger partial charge in [0.05, 0.1) is 6.10 Å². The smallest absolute Gasteiger partial charge is 0.115 e. The van der Waals surface area contributed by atoms with E-state index in [9.17, 15) is 10.2 Å². The molecule has 2 N–H and O–H groups in total. The fourth-order valence-corrected chi connectivity index (χ4v) is 4.93. The maximum Gasteiger partial charge on any atom is 0.115 e. The first-order valence-electron chi connectivity index (χ1n) is 7.79. The number of phenols is 1. The zero-order valence-corrected chi connectivity index (χ0v) is 12.0. The third-order valence-corrected chi connectivity index (χ3v) is 6.12. The highest BCUT2D eigenvalue weighted by Gasteiger charge is 2.51. The van der Waals surface area contributed by atoms with E-state index in [1.165, 1.54) is 11.1 Å². The van der Waals surface area contributed by atoms with E-state index >= 15 is 0 Å². The summed E-state index contributed by atoms with van der Waals surface area (Å²) in [6.45, 7) is 2.28. The first kappa shape index (κ1) is 12.5. The van der Waals surface area contributed by atoms with Crippen molar-refractivity contribution in [1.82, 2.24) is 0 Å². The number of allylic oxidation sites excluding steroid dienone is 2. The quantitative estimate of drug-likeness (QED) is 0.708. The lowest BCUT2D eigenvalue weighted by Gasteiger charge is -2.46. The summed E-state index contributed by atoms with van der Waals surface area (Å²) in [5.41, 5.74) is 4.34. The van der Waals surface area contributed by atoms with Gasteiger partial charge in [-0.1, -0.05) is 24.6 Å². The molecule has 4 atom stereocenters. The van der Waals surface area contributed by atoms with Gasteiger partial charge in [-0.3, -0.25) is 0 Å². The second kappa shape index (κ2) is 4.11. The highest BCUT2D eigenvalue weighted by molar-refractivity contribution is 5.47. The minimum Gasteiger partial charge on any atom is -0.508 e. The Morgan fingerprint density at radius 2 is 2.05 bits per heavy atom. The van der Waals surface area contributed by atoms with Crippen LogP contribution in [0, 0.1) is 11.3 Å². The predicted molar refractivity (Wildman–Crippen MR) is 78.7 cm³/mol. The topological polar surface area (TPSA) is 40.5 Å². The van der Waals surface area contributed by atoms with Crippen LogP contribution in [-0.4, -0.2) is 16.3 Å². The summed E-state index contributed by atoms with van der Waals surface area (Å²) >= 11 is 0. The van der Waals surface area contributed by atoms with Crippen LogP contribution in [0.2, 0.25) is 0 Å². The Labute approximate surface area is 120 Å². The van der Waals surface area contributed by atoms with Crippen molar-refractivity contribution in [2.75, 3.05) is 0 Å². The van der Waals surface area contributed by atoms with E-state index in [2.05, 4.69) is 19.1 Å². The van der Waals surface area contributed by atoms with E-state index < -0.39 is 0 Å². The summed E-state index contributed by atoms with van der Waals surface area (Å²) in [6, 6.07) is 5.84. The fraction of sp³-hybridized carbons (Fsp3) is 0.556. The summed E-state index contributed by atoms with van der Waals surface area (Å²) < 4.78 is 0. The van der Waals surface area contributed by atoms with Gasteiger partial charge in [0.2, 0.25) is 0 Å². The van der Waals surface area contributed by atoms with Crippen molar-refractivity contribution in [1.29, 1.82) is 0 Å². The third kappa shape index (κ3) is 1.54. The minimum absolute atomic E-state index is 0.0940. The molecule has 3 aliphatic rings. The lowest BCUT2D eigenvalue weighted by molar-refractivity contribution is 0.0267. The van der Waals surface area contributed by atoms with Crippen LogP contribution >= 0.6 is 0 Å². The van der Waals surface area contributed by atoms with Crippen molar-refractivity contribution < 1.29 is 10.2 Å². The first-order chi connectivity index (χ1) is 9.59. The molecule has 0 radical (unpaired) electrons. The van der Waals surface area contributed by atoms with E-state index in [4.69, 9.17) is 0 Å². The largest absolute Gasteiger partial charge is 0.508 e. The van der Waals surface area contributed by atoms with Crippen LogP contribution in [0.4, 0.5) is 0 Å². The molecular formula is C18H22O2. The molecule has 0 amide bonds. The summed E-state index contributed by atoms with van der Waals surface area (Å²) in [7, 11) is 0. The summed E-state index contributed by atoms with van der Waals surface area (Å²) in [4.78, 5) is 0. The number of rotatable bonds is 0. The van der Waals surface area contributed by atoms with Gasteiger partial charge in [-0.15, -0.1) is 0 Å². The molecule has 4 rings (SSSR count). The summed E-state index contributed by atoms with van der Waals surface area (Å²) in [6.07, 6.45) is 7.51. The van der Waals surface area contributed by atoms with Gasteiger partial charge < -0.3 is 10.2 Å². The Bertz CT molecular complexity index is 589. The molecule has 0 aliphatic heterocycles. The number of hydrogen-bond donors (Lipinski definition) is 2. The average Bonchev–Trinajstić information content (AvgIpc) is 2.74. The predicted octanol–water partition coefficient (Wildman–Crippen LogP) is 3.53. The molecule has 0 saturated heterocycles. The van der Waals surface area contributed by atoms with Crippen molar-refractivity contribution in [3.8, 4) is 5.75 Å². The molecule has 20 heavy (non-hydrogen) atoms. The standard InChI is InChI=1S/C18H22O2/c1-18-9-8-14-13-5-3-12(19)10-11(13)2-4-15(14)16(18)6-7-17(18)20/h3-5,10,14,16-17,19-20H,2,6-9H2,1H3/t14?,16?,17-,18-/m0/s1. The SMILES string of the molecule is C[C@]12CCC3C(=CCc4cc(O)ccc43)C1CC[C@@H]2O. The van der Waals surface area contributed by atoms with Crippen LogP contribution < -0.4 is 0 Å².